The minimum atomic E-state index is -3.97. The molecule has 2 spiro atoms. The summed E-state index contributed by atoms with van der Waals surface area (Å²) in [5.41, 5.74) is 10.3. The lowest BCUT2D eigenvalue weighted by Crippen LogP contribution is -2.57. The van der Waals surface area contributed by atoms with Crippen LogP contribution in [0.1, 0.15) is 142 Å². The summed E-state index contributed by atoms with van der Waals surface area (Å²) >= 11 is 12.9. The number of methoxy groups -OCH3 is 2. The Morgan fingerprint density at radius 1 is 0.623 bits per heavy atom. The molecule has 4 bridgehead atoms. The molecule has 6 aliphatic heterocycles. The second kappa shape index (κ2) is 35.1. The molecule has 2 amide bonds. The van der Waals surface area contributed by atoms with E-state index < -0.39 is 53.6 Å². The van der Waals surface area contributed by atoms with Crippen molar-refractivity contribution in [3.63, 3.8) is 0 Å². The molecule has 2 saturated carbocycles. The number of nitrogens with two attached hydrogens (primary N) is 1. The fourth-order valence-electron chi connectivity index (χ4n) is 17.9. The maximum atomic E-state index is 13.6. The number of carbonyl (C=O) groups excluding carboxylic acids is 3. The number of morpholine rings is 2. The first kappa shape index (κ1) is 81.3. The van der Waals surface area contributed by atoms with Gasteiger partial charge >= 0.3 is 0 Å². The van der Waals surface area contributed by atoms with Crippen LogP contribution in [-0.2, 0) is 67.5 Å². The van der Waals surface area contributed by atoms with Gasteiger partial charge in [0, 0.05) is 137 Å². The highest BCUT2D eigenvalue weighted by Crippen LogP contribution is 2.52. The van der Waals surface area contributed by atoms with E-state index in [2.05, 4.69) is 70.8 Å². The van der Waals surface area contributed by atoms with Crippen LogP contribution in [0.15, 0.2) is 97.1 Å². The second-order valence-electron chi connectivity index (χ2n) is 31.3. The number of fused-ring (bicyclic) bond motifs is 8. The zero-order valence-corrected chi connectivity index (χ0v) is 65.2. The third-order valence-electron chi connectivity index (χ3n) is 25.0. The van der Waals surface area contributed by atoms with Crippen LogP contribution in [0.25, 0.3) is 0 Å². The van der Waals surface area contributed by atoms with E-state index in [1.54, 1.807) is 45.2 Å². The van der Waals surface area contributed by atoms with Crippen molar-refractivity contribution in [3.8, 4) is 11.5 Å². The normalized spacial score (nSPS) is 32.0. The molecule has 25 heteroatoms. The summed E-state index contributed by atoms with van der Waals surface area (Å²) in [6.07, 6.45) is 19.6. The van der Waals surface area contributed by atoms with E-state index in [0.717, 1.165) is 172 Å². The standard InChI is InChI=1S/C40H55ClN4O6S.C34H41ClN2O6S.C6H14N2O.CH4/c1-28-6-4-15-40(49-3,25-42-16-17-44-18-20-50-21-19-44)35-11-8-32(35)24-45-26-39(14-5-7-30-22-33(41)10-12-34(30)39)27-51-37-13-9-31(23-36(37)45)38(46)43-52(47,48)29(28)2;1-22-6-4-15-34(20-38,42-3)29-11-8-26(29)18-37-19-33(14-5-7-24-16-27(35)10-12-28(24)33)21-43-31-13-9-25(17-30(31)37)32(39)36-44(40,41)23(22)2;7-1-2-8-3-5-9-6-4-8;/h4,9-10,12-13,15,22-23,28-29,32,35,42H,5-8,11,14,16-21,24-27H2,1-3H3,(H,43,46);4,9-10,12-13,15-17,20,22-23,26,29H,5-8,11,14,18-19,21H2,1-3H3,(H,36,39);1-7H2;1H4/b2*15-4+;;/t28-,29+,32-,35+,39-,40+;22-,23+,26-,29+,33-,34+;;/m00../s1. The molecule has 106 heavy (non-hydrogen) atoms. The average Bonchev–Trinajstić information content (AvgIpc) is 1.38. The fourth-order valence-corrected chi connectivity index (χ4v) is 20.8. The molecule has 4 fully saturated rings. The number of amides is 2. The predicted octanol–water partition coefficient (Wildman–Crippen LogP) is 10.6. The van der Waals surface area contributed by atoms with Crippen molar-refractivity contribution in [2.45, 2.75) is 145 Å². The first-order valence-corrected chi connectivity index (χ1v) is 42.0. The van der Waals surface area contributed by atoms with E-state index in [9.17, 15) is 31.2 Å². The van der Waals surface area contributed by atoms with Crippen molar-refractivity contribution in [3.05, 3.63) is 141 Å². The number of nitrogens with zero attached hydrogens (tertiary/aromatic N) is 4. The Balaban J connectivity index is 0.000000189. The lowest BCUT2D eigenvalue weighted by atomic mass is 9.63. The molecule has 4 aromatic carbocycles. The molecular weight excluding hydrogens is 1430 g/mol. The highest BCUT2D eigenvalue weighted by Gasteiger charge is 2.52. The number of sulfonamides is 2. The van der Waals surface area contributed by atoms with E-state index in [0.29, 0.717) is 80.2 Å². The van der Waals surface area contributed by atoms with E-state index in [1.165, 1.54) is 22.3 Å². The van der Waals surface area contributed by atoms with Crippen molar-refractivity contribution < 1.29 is 59.6 Å². The monoisotopic (exact) mass is 1540 g/mol. The Bertz CT molecular complexity index is 4030. The van der Waals surface area contributed by atoms with Crippen molar-refractivity contribution >= 4 is 72.7 Å². The fraction of sp³-hybridized carbons (Fsp3) is 0.617. The van der Waals surface area contributed by atoms with Crippen LogP contribution in [-0.4, -0.2) is 205 Å². The molecule has 4 aromatic rings. The summed E-state index contributed by atoms with van der Waals surface area (Å²) in [5, 5.41) is 3.58. The van der Waals surface area contributed by atoms with Crippen LogP contribution in [0.2, 0.25) is 10.0 Å². The van der Waals surface area contributed by atoms with Crippen LogP contribution < -0.4 is 39.8 Å². The number of aryl methyl sites for hydroxylation is 2. The number of aldehydes is 1. The molecule has 4 aliphatic carbocycles. The molecular formula is C81H114Cl2N8O13S2. The van der Waals surface area contributed by atoms with Gasteiger partial charge in [0.2, 0.25) is 20.0 Å². The van der Waals surface area contributed by atoms with Gasteiger partial charge in [0.05, 0.1) is 61.5 Å². The Morgan fingerprint density at radius 2 is 1.09 bits per heavy atom. The largest absolute Gasteiger partial charge is 0.490 e. The van der Waals surface area contributed by atoms with Gasteiger partial charge in [-0.1, -0.05) is 74.8 Å². The maximum absolute atomic E-state index is 13.6. The Morgan fingerprint density at radius 3 is 1.54 bits per heavy atom. The van der Waals surface area contributed by atoms with Crippen molar-refractivity contribution in [2.75, 3.05) is 149 Å². The quantitative estimate of drug-likeness (QED) is 0.0654. The third-order valence-corrected chi connectivity index (χ3v) is 29.3. The van der Waals surface area contributed by atoms with Gasteiger partial charge < -0.3 is 49.3 Å². The van der Waals surface area contributed by atoms with E-state index in [-0.39, 0.29) is 53.4 Å². The highest BCUT2D eigenvalue weighted by atomic mass is 35.5. The first-order chi connectivity index (χ1) is 50.5. The zero-order chi connectivity index (χ0) is 74.3. The number of hydrogen-bond acceptors (Lipinski definition) is 19. The highest BCUT2D eigenvalue weighted by molar-refractivity contribution is 7.91. The molecule has 21 nitrogen and oxygen atoms in total. The minimum absolute atomic E-state index is 0. The first-order valence-electron chi connectivity index (χ1n) is 38.1. The van der Waals surface area contributed by atoms with Crippen LogP contribution in [0.5, 0.6) is 11.5 Å². The van der Waals surface area contributed by atoms with E-state index in [4.69, 9.17) is 57.4 Å². The topological polar surface area (TPSA) is 250 Å². The van der Waals surface area contributed by atoms with Gasteiger partial charge in [-0.2, -0.15) is 0 Å². The number of ether oxygens (including phenoxy) is 6. The number of halogens is 2. The molecule has 12 atom stereocenters. The lowest BCUT2D eigenvalue weighted by molar-refractivity contribution is -0.136. The summed E-state index contributed by atoms with van der Waals surface area (Å²) in [7, 11) is -4.55. The van der Waals surface area contributed by atoms with Gasteiger partial charge in [-0.05, 0) is 209 Å². The summed E-state index contributed by atoms with van der Waals surface area (Å²) in [4.78, 5) is 49.2. The molecule has 0 aromatic heterocycles. The molecule has 14 rings (SSSR count). The third kappa shape index (κ3) is 17.9. The maximum Gasteiger partial charge on any atom is 0.264 e. The van der Waals surface area contributed by atoms with Gasteiger partial charge in [-0.3, -0.25) is 24.2 Å². The zero-order valence-electron chi connectivity index (χ0n) is 62.1. The number of nitrogens with one attached hydrogen (secondary N) is 3. The second-order valence-corrected chi connectivity index (χ2v) is 36.2. The Kier molecular flexibility index (Phi) is 27.0. The molecule has 582 valence electrons. The predicted molar refractivity (Wildman–Crippen MR) is 419 cm³/mol. The Hall–Kier alpha value is -5.67. The summed E-state index contributed by atoms with van der Waals surface area (Å²) in [6.45, 7) is 22.3. The summed E-state index contributed by atoms with van der Waals surface area (Å²) in [6, 6.07) is 22.9. The SMILES string of the molecule is C.CO[C@@]1(C=O)/C=C/C[C@H](C)[C@@H](C)S(=O)(=O)NC(=O)c2ccc3c(c2)N(C[C@@H]2CC[C@H]21)C[C@@]1(CCCc2cc(Cl)ccc21)CO3.CO[C@@]1(CNCCN2CCOCC2)/C=C/C[C@H](C)[C@@H](C)S(=O)(=O)NC(=O)c2ccc3c(c2)N(C[C@@H]2CC[C@H]21)C[C@@]1(CCCc2cc(Cl)ccc21)CO3.NCCN1CCOCC1. The van der Waals surface area contributed by atoms with Gasteiger partial charge in [0.1, 0.15) is 22.7 Å². The number of carbonyl (C=O) groups is 3. The molecule has 6 heterocycles. The van der Waals surface area contributed by atoms with Crippen LogP contribution >= 0.6 is 23.2 Å². The average molecular weight is 1540 g/mol. The van der Waals surface area contributed by atoms with E-state index >= 15 is 0 Å². The smallest absolute Gasteiger partial charge is 0.264 e. The molecule has 5 N–H and O–H groups in total. The van der Waals surface area contributed by atoms with E-state index in [1.807, 2.05) is 57.4 Å². The van der Waals surface area contributed by atoms with Crippen LogP contribution in [0, 0.1) is 35.5 Å². The van der Waals surface area contributed by atoms with Crippen LogP contribution in [0.4, 0.5) is 11.4 Å². The number of hydrogen-bond donors (Lipinski definition) is 4. The molecule has 10 aliphatic rings. The number of allylic oxidation sites excluding steroid dienone is 2. The van der Waals surface area contributed by atoms with Crippen LogP contribution in [0.3, 0.4) is 0 Å². The van der Waals surface area contributed by atoms with Gasteiger partial charge in [0.25, 0.3) is 11.8 Å². The Labute approximate surface area is 639 Å². The number of anilines is 2. The van der Waals surface area contributed by atoms with Crippen molar-refractivity contribution in [1.29, 1.82) is 0 Å². The van der Waals surface area contributed by atoms with Crippen molar-refractivity contribution in [2.24, 2.45) is 41.2 Å². The minimum Gasteiger partial charge on any atom is -0.490 e. The molecule has 0 unspecified atom stereocenters. The molecule has 0 radical (unpaired) electrons. The van der Waals surface area contributed by atoms with Crippen molar-refractivity contribution in [1.82, 2.24) is 24.6 Å². The van der Waals surface area contributed by atoms with Gasteiger partial charge in [0.15, 0.2) is 6.29 Å². The van der Waals surface area contributed by atoms with Gasteiger partial charge in [-0.15, -0.1) is 0 Å². The number of rotatable bonds is 10. The summed E-state index contributed by atoms with van der Waals surface area (Å²) in [5.74, 6) is 0.218. The molecule has 2 saturated heterocycles. The van der Waals surface area contributed by atoms with Gasteiger partial charge in [-0.25, -0.2) is 26.3 Å². The summed E-state index contributed by atoms with van der Waals surface area (Å²) < 4.78 is 94.8. The number of benzene rings is 4. The lowest BCUT2D eigenvalue weighted by Gasteiger charge is -2.50.